The summed E-state index contributed by atoms with van der Waals surface area (Å²) in [6, 6.07) is 15.7. The quantitative estimate of drug-likeness (QED) is 0.648. The number of carbonyl (C=O) groups excluding carboxylic acids is 1. The van der Waals surface area contributed by atoms with E-state index in [2.05, 4.69) is 12.1 Å². The second-order valence-corrected chi connectivity index (χ2v) is 9.84. The Hall–Kier alpha value is -3.31. The van der Waals surface area contributed by atoms with Crippen LogP contribution in [-0.2, 0) is 16.1 Å². The molecular weight excluding hydrogens is 476 g/mol. The fourth-order valence-corrected chi connectivity index (χ4v) is 5.74. The van der Waals surface area contributed by atoms with Crippen LogP contribution in [0.25, 0.3) is 0 Å². The van der Waals surface area contributed by atoms with Crippen molar-refractivity contribution in [2.45, 2.75) is 31.7 Å². The first kappa shape index (κ1) is 24.4. The van der Waals surface area contributed by atoms with Gasteiger partial charge in [0.15, 0.2) is 5.78 Å². The van der Waals surface area contributed by atoms with Gasteiger partial charge in [0.05, 0.1) is 37.9 Å². The van der Waals surface area contributed by atoms with E-state index in [0.717, 1.165) is 67.5 Å². The Morgan fingerprint density at radius 2 is 2.03 bits per heavy atom. The van der Waals surface area contributed by atoms with Gasteiger partial charge < -0.3 is 20.1 Å². The molecule has 2 aromatic rings. The highest BCUT2D eigenvalue weighted by molar-refractivity contribution is 6.30. The Morgan fingerprint density at radius 3 is 2.75 bits per heavy atom. The summed E-state index contributed by atoms with van der Waals surface area (Å²) in [7, 11) is 1.67. The number of ether oxygens (including phenoxy) is 2. The summed E-state index contributed by atoms with van der Waals surface area (Å²) in [5.74, 6) is 0.686. The maximum Gasteiger partial charge on any atom is 0.161 e. The number of benzene rings is 2. The number of anilines is 1. The van der Waals surface area contributed by atoms with Crippen molar-refractivity contribution < 1.29 is 19.2 Å². The van der Waals surface area contributed by atoms with Gasteiger partial charge in [-0.25, -0.2) is 0 Å². The number of ketones is 1. The van der Waals surface area contributed by atoms with Crippen LogP contribution in [0.2, 0.25) is 5.02 Å². The number of carbonyl (C=O) groups is 1. The van der Waals surface area contributed by atoms with Crippen molar-refractivity contribution in [2.75, 3.05) is 38.3 Å². The lowest BCUT2D eigenvalue weighted by Crippen LogP contribution is -3.12. The molecule has 0 spiro atoms. The van der Waals surface area contributed by atoms with Crippen LogP contribution in [-0.4, -0.2) is 39.2 Å². The van der Waals surface area contributed by atoms with Crippen LogP contribution < -0.4 is 20.3 Å². The normalized spacial score (nSPS) is 20.9. The average molecular weight is 506 g/mol. The Kier molecular flexibility index (Phi) is 7.01. The average Bonchev–Trinajstić information content (AvgIpc) is 2.89. The third kappa shape index (κ3) is 4.48. The molecule has 1 atom stereocenters. The van der Waals surface area contributed by atoms with Crippen molar-refractivity contribution in [1.29, 1.82) is 5.26 Å². The van der Waals surface area contributed by atoms with E-state index in [1.165, 1.54) is 4.90 Å². The fraction of sp³-hybridized carbons (Fsp3) is 0.357. The number of halogens is 1. The van der Waals surface area contributed by atoms with E-state index in [1.54, 1.807) is 13.2 Å². The maximum absolute atomic E-state index is 13.4. The fourth-order valence-electron chi connectivity index (χ4n) is 5.55. The smallest absolute Gasteiger partial charge is 0.161 e. The molecule has 0 radical (unpaired) electrons. The van der Waals surface area contributed by atoms with Gasteiger partial charge in [-0.2, -0.15) is 5.26 Å². The number of rotatable bonds is 5. The molecule has 1 unspecified atom stereocenters. The minimum absolute atomic E-state index is 0.0599. The van der Waals surface area contributed by atoms with Gasteiger partial charge in [-0.1, -0.05) is 23.7 Å². The number of morpholine rings is 1. The molecule has 0 amide bonds. The molecule has 1 fully saturated rings. The van der Waals surface area contributed by atoms with Gasteiger partial charge in [0, 0.05) is 34.0 Å². The highest BCUT2D eigenvalue weighted by atomic mass is 35.5. The number of nitrogens with zero attached hydrogens (tertiary/aromatic N) is 2. The van der Waals surface area contributed by atoms with Gasteiger partial charge in [-0.15, -0.1) is 0 Å². The van der Waals surface area contributed by atoms with E-state index >= 15 is 0 Å². The van der Waals surface area contributed by atoms with E-state index in [-0.39, 0.29) is 5.78 Å². The Bertz CT molecular complexity index is 1290. The first-order chi connectivity index (χ1) is 17.5. The maximum atomic E-state index is 13.4. The van der Waals surface area contributed by atoms with Crippen molar-refractivity contribution in [3.8, 4) is 11.8 Å². The summed E-state index contributed by atoms with van der Waals surface area (Å²) in [6.07, 6.45) is 1.90. The predicted molar refractivity (Wildman–Crippen MR) is 138 cm³/mol. The largest absolute Gasteiger partial charge is 0.496 e. The number of nitriles is 1. The minimum Gasteiger partial charge on any atom is -0.496 e. The number of hydrogen-bond acceptors (Lipinski definition) is 6. The van der Waals surface area contributed by atoms with Gasteiger partial charge in [0.1, 0.15) is 31.2 Å². The molecular formula is C28H30ClN4O3+. The van der Waals surface area contributed by atoms with Gasteiger partial charge in [-0.05, 0) is 48.7 Å². The number of quaternary nitrogens is 1. The van der Waals surface area contributed by atoms with E-state index in [4.69, 9.17) is 26.8 Å². The van der Waals surface area contributed by atoms with Crippen LogP contribution in [0.15, 0.2) is 65.1 Å². The molecule has 5 rings (SSSR count). The van der Waals surface area contributed by atoms with Crippen LogP contribution in [0, 0.1) is 11.3 Å². The zero-order valence-corrected chi connectivity index (χ0v) is 21.1. The molecule has 2 aliphatic heterocycles. The lowest BCUT2D eigenvalue weighted by molar-refractivity contribution is -0.921. The standard InChI is InChI=1S/C28H29ClN4O3/c1-35-25-9-8-18(14-19(25)17-32-10-12-36-13-11-32)26-22(16-30)28(31)33(21-5-2-4-20(29)15-21)23-6-3-7-24(34)27(23)26/h2,4-5,8-9,14-15,26H,3,6-7,10-13,17,31H2,1H3/p+1. The SMILES string of the molecule is COc1ccc(C2C(C#N)=C(N)N(c3cccc(Cl)c3)C3=C2C(=O)CCC3)cc1C[NH+]1CCOCC1. The molecule has 36 heavy (non-hydrogen) atoms. The molecule has 2 heterocycles. The summed E-state index contributed by atoms with van der Waals surface area (Å²) in [6.45, 7) is 4.11. The molecule has 1 aliphatic carbocycles. The number of methoxy groups -OCH3 is 1. The number of allylic oxidation sites excluding steroid dienone is 3. The molecule has 186 valence electrons. The summed E-state index contributed by atoms with van der Waals surface area (Å²) >= 11 is 6.28. The van der Waals surface area contributed by atoms with Gasteiger partial charge in [0.25, 0.3) is 0 Å². The first-order valence-electron chi connectivity index (χ1n) is 12.3. The highest BCUT2D eigenvalue weighted by Crippen LogP contribution is 2.47. The number of hydrogen-bond donors (Lipinski definition) is 2. The summed E-state index contributed by atoms with van der Waals surface area (Å²) < 4.78 is 11.2. The predicted octanol–water partition coefficient (Wildman–Crippen LogP) is 3.07. The number of Topliss-reactive ketones (excluding diaryl/α,β-unsaturated/α-hetero) is 1. The third-order valence-electron chi connectivity index (χ3n) is 7.26. The number of nitrogens with two attached hydrogens (primary N) is 1. The molecule has 3 aliphatic rings. The molecule has 0 saturated carbocycles. The van der Waals surface area contributed by atoms with E-state index in [0.29, 0.717) is 34.8 Å². The highest BCUT2D eigenvalue weighted by Gasteiger charge is 2.40. The van der Waals surface area contributed by atoms with Crippen LogP contribution in [0.5, 0.6) is 5.75 Å². The third-order valence-corrected chi connectivity index (χ3v) is 7.49. The van der Waals surface area contributed by atoms with Gasteiger partial charge in [0.2, 0.25) is 0 Å². The van der Waals surface area contributed by atoms with Crippen molar-refractivity contribution in [2.24, 2.45) is 5.73 Å². The molecule has 0 bridgehead atoms. The van der Waals surface area contributed by atoms with E-state index < -0.39 is 5.92 Å². The molecule has 7 nitrogen and oxygen atoms in total. The second kappa shape index (κ2) is 10.4. The summed E-state index contributed by atoms with van der Waals surface area (Å²) in [5, 5.41) is 10.9. The first-order valence-corrected chi connectivity index (χ1v) is 12.7. The zero-order chi connectivity index (χ0) is 25.2. The summed E-state index contributed by atoms with van der Waals surface area (Å²) in [4.78, 5) is 16.7. The molecule has 1 saturated heterocycles. The monoisotopic (exact) mass is 505 g/mol. The summed E-state index contributed by atoms with van der Waals surface area (Å²) in [5.41, 5.74) is 11.3. The Morgan fingerprint density at radius 1 is 1.22 bits per heavy atom. The van der Waals surface area contributed by atoms with Gasteiger partial charge in [-0.3, -0.25) is 9.69 Å². The topological polar surface area (TPSA) is 93.0 Å². The van der Waals surface area contributed by atoms with Crippen LogP contribution >= 0.6 is 11.6 Å². The molecule has 0 aromatic heterocycles. The van der Waals surface area contributed by atoms with Crippen LogP contribution in [0.4, 0.5) is 5.69 Å². The Balaban J connectivity index is 1.63. The van der Waals surface area contributed by atoms with Crippen molar-refractivity contribution >= 4 is 23.1 Å². The molecule has 3 N–H and O–H groups in total. The van der Waals surface area contributed by atoms with Crippen molar-refractivity contribution in [1.82, 2.24) is 0 Å². The van der Waals surface area contributed by atoms with Gasteiger partial charge >= 0.3 is 0 Å². The second-order valence-electron chi connectivity index (χ2n) is 9.41. The van der Waals surface area contributed by atoms with E-state index in [9.17, 15) is 10.1 Å². The number of nitrogens with one attached hydrogen (secondary N) is 1. The minimum atomic E-state index is -0.516. The van der Waals surface area contributed by atoms with Crippen molar-refractivity contribution in [3.63, 3.8) is 0 Å². The van der Waals surface area contributed by atoms with Crippen LogP contribution in [0.3, 0.4) is 0 Å². The zero-order valence-electron chi connectivity index (χ0n) is 20.4. The van der Waals surface area contributed by atoms with Crippen LogP contribution in [0.1, 0.15) is 36.3 Å². The van der Waals surface area contributed by atoms with E-state index in [1.807, 2.05) is 35.2 Å². The lowest BCUT2D eigenvalue weighted by Gasteiger charge is -2.39. The Labute approximate surface area is 216 Å². The molecule has 2 aromatic carbocycles. The van der Waals surface area contributed by atoms with Crippen molar-refractivity contribution in [3.05, 3.63) is 81.3 Å². The molecule has 8 heteroatoms. The lowest BCUT2D eigenvalue weighted by atomic mass is 9.75.